The Kier molecular flexibility index (Phi) is 5.00. The number of dihydropyridines is 1. The molecule has 12 heteroatoms. The highest BCUT2D eigenvalue weighted by molar-refractivity contribution is 5.90. The smallest absolute Gasteiger partial charge is 0.366 e. The summed E-state index contributed by atoms with van der Waals surface area (Å²) >= 11 is 0. The molecule has 3 aliphatic rings. The van der Waals surface area contributed by atoms with Crippen LogP contribution in [0.4, 0.5) is 23.9 Å². The van der Waals surface area contributed by atoms with Gasteiger partial charge in [-0.2, -0.15) is 13.2 Å². The van der Waals surface area contributed by atoms with E-state index in [0.717, 1.165) is 13.5 Å². The lowest BCUT2D eigenvalue weighted by Crippen LogP contribution is -2.57. The van der Waals surface area contributed by atoms with E-state index in [1.54, 1.807) is 12.1 Å². The molecular formula is C18H20F3N7O2. The van der Waals surface area contributed by atoms with Crippen molar-refractivity contribution < 1.29 is 22.8 Å². The first-order valence-corrected chi connectivity index (χ1v) is 9.42. The fraction of sp³-hybridized carbons (Fsp3) is 0.444. The van der Waals surface area contributed by atoms with E-state index in [2.05, 4.69) is 25.5 Å². The summed E-state index contributed by atoms with van der Waals surface area (Å²) < 4.78 is 38.4. The minimum Gasteiger partial charge on any atom is -0.366 e. The van der Waals surface area contributed by atoms with Crippen molar-refractivity contribution >= 4 is 17.9 Å². The predicted molar refractivity (Wildman–Crippen MR) is 99.6 cm³/mol. The highest BCUT2D eigenvalue weighted by atomic mass is 19.4. The molecule has 3 N–H and O–H groups in total. The second-order valence-corrected chi connectivity index (χ2v) is 7.25. The molecule has 1 unspecified atom stereocenters. The minimum absolute atomic E-state index is 0.129. The van der Waals surface area contributed by atoms with Crippen LogP contribution in [-0.2, 0) is 4.79 Å². The number of aromatic nitrogens is 2. The summed E-state index contributed by atoms with van der Waals surface area (Å²) in [5, 5.41) is 7.50. The van der Waals surface area contributed by atoms with Gasteiger partial charge in [0, 0.05) is 25.5 Å². The maximum absolute atomic E-state index is 13.0. The first kappa shape index (κ1) is 20.0. The molecule has 3 amide bonds. The quantitative estimate of drug-likeness (QED) is 0.675. The number of rotatable bonds is 3. The molecule has 3 atom stereocenters. The number of nitrogens with one attached hydrogen (secondary N) is 3. The number of anilines is 1. The number of hydrogen-bond donors (Lipinski definition) is 3. The van der Waals surface area contributed by atoms with Crippen LogP contribution < -0.4 is 16.0 Å². The van der Waals surface area contributed by atoms with Crippen molar-refractivity contribution in [1.29, 1.82) is 0 Å². The molecule has 1 aromatic heterocycles. The Morgan fingerprint density at radius 3 is 2.73 bits per heavy atom. The highest BCUT2D eigenvalue weighted by Crippen LogP contribution is 2.33. The standard InChI is InChI=1S/C18H20F3N7O2/c1-10(18(19,20)21)24-15(29)12-3-4-13-14(25-12)28(11-5-8-27(13)9-11)17(30)26-16-22-6-2-7-23-16/h2-4,6-7,10-12,25H,5,8-9H2,1H3,(H,24,29)(H,22,23,26,30)/t10-,11+,12?/m1/s1. The molecule has 0 radical (unpaired) electrons. The van der Waals surface area contributed by atoms with E-state index in [9.17, 15) is 22.8 Å². The van der Waals surface area contributed by atoms with E-state index in [1.807, 2.05) is 5.32 Å². The van der Waals surface area contributed by atoms with Crippen molar-refractivity contribution in [3.8, 4) is 0 Å². The number of amides is 3. The van der Waals surface area contributed by atoms with Gasteiger partial charge in [0.05, 0.1) is 11.7 Å². The number of nitrogens with zero attached hydrogens (tertiary/aromatic N) is 4. The fourth-order valence-corrected chi connectivity index (χ4v) is 3.66. The van der Waals surface area contributed by atoms with Gasteiger partial charge in [-0.25, -0.2) is 14.8 Å². The van der Waals surface area contributed by atoms with Gasteiger partial charge in [-0.15, -0.1) is 0 Å². The van der Waals surface area contributed by atoms with Gasteiger partial charge in [0.1, 0.15) is 17.9 Å². The highest BCUT2D eigenvalue weighted by Gasteiger charge is 2.43. The van der Waals surface area contributed by atoms with Crippen molar-refractivity contribution in [2.24, 2.45) is 0 Å². The number of carbonyl (C=O) groups excluding carboxylic acids is 2. The normalized spacial score (nSPS) is 23.6. The van der Waals surface area contributed by atoms with E-state index in [-0.39, 0.29) is 12.0 Å². The van der Waals surface area contributed by atoms with Gasteiger partial charge in [-0.3, -0.25) is 15.0 Å². The maximum Gasteiger partial charge on any atom is 0.408 e. The lowest BCUT2D eigenvalue weighted by molar-refractivity contribution is -0.158. The van der Waals surface area contributed by atoms with Crippen molar-refractivity contribution in [1.82, 2.24) is 30.4 Å². The zero-order valence-corrected chi connectivity index (χ0v) is 16.0. The van der Waals surface area contributed by atoms with Gasteiger partial charge in [0.2, 0.25) is 11.9 Å². The molecular weight excluding hydrogens is 403 g/mol. The van der Waals surface area contributed by atoms with Gasteiger partial charge in [0.15, 0.2) is 0 Å². The van der Waals surface area contributed by atoms with Crippen LogP contribution in [0.25, 0.3) is 0 Å². The molecule has 3 aliphatic heterocycles. The Labute approximate surface area is 170 Å². The molecule has 4 rings (SSSR count). The molecule has 1 aromatic rings. The van der Waals surface area contributed by atoms with Gasteiger partial charge >= 0.3 is 12.2 Å². The van der Waals surface area contributed by atoms with Gasteiger partial charge in [-0.05, 0) is 25.5 Å². The Balaban J connectivity index is 1.54. The molecule has 4 heterocycles. The van der Waals surface area contributed by atoms with E-state index in [0.29, 0.717) is 24.5 Å². The molecule has 9 nitrogen and oxygen atoms in total. The lowest BCUT2D eigenvalue weighted by Gasteiger charge is -2.40. The van der Waals surface area contributed by atoms with E-state index in [4.69, 9.17) is 0 Å². The van der Waals surface area contributed by atoms with Crippen molar-refractivity contribution in [2.75, 3.05) is 18.4 Å². The van der Waals surface area contributed by atoms with Gasteiger partial charge in [0.25, 0.3) is 0 Å². The SMILES string of the molecule is C[C@@H](NC(=O)C1C=CC2=C(N1)N(C(=O)Nc1ncccn1)[C@H]1CCN2C1)C(F)(F)F. The number of alkyl halides is 3. The van der Waals surface area contributed by atoms with Crippen LogP contribution in [0.5, 0.6) is 0 Å². The molecule has 0 saturated carbocycles. The molecule has 2 bridgehead atoms. The minimum atomic E-state index is -4.55. The summed E-state index contributed by atoms with van der Waals surface area (Å²) in [7, 11) is 0. The molecule has 1 fully saturated rings. The molecule has 160 valence electrons. The Morgan fingerprint density at radius 2 is 2.03 bits per heavy atom. The van der Waals surface area contributed by atoms with E-state index < -0.39 is 30.2 Å². The van der Waals surface area contributed by atoms with Crippen LogP contribution in [0.3, 0.4) is 0 Å². The van der Waals surface area contributed by atoms with Crippen molar-refractivity contribution in [3.63, 3.8) is 0 Å². The number of urea groups is 1. The lowest BCUT2D eigenvalue weighted by atomic mass is 10.1. The Bertz CT molecular complexity index is 903. The van der Waals surface area contributed by atoms with Crippen LogP contribution in [0, 0.1) is 0 Å². The largest absolute Gasteiger partial charge is 0.408 e. The van der Waals surface area contributed by atoms with Crippen LogP contribution in [-0.4, -0.2) is 69.1 Å². The van der Waals surface area contributed by atoms with Crippen molar-refractivity contribution in [2.45, 2.75) is 37.6 Å². The summed E-state index contributed by atoms with van der Waals surface area (Å²) in [5.41, 5.74) is 0.709. The third kappa shape index (κ3) is 3.76. The zero-order valence-electron chi connectivity index (χ0n) is 16.0. The van der Waals surface area contributed by atoms with Crippen molar-refractivity contribution in [3.05, 3.63) is 42.1 Å². The summed E-state index contributed by atoms with van der Waals surface area (Å²) in [6.07, 6.45) is 2.31. The topological polar surface area (TPSA) is 102 Å². The van der Waals surface area contributed by atoms with E-state index >= 15 is 0 Å². The second kappa shape index (κ2) is 7.50. The number of halogens is 3. The third-order valence-electron chi connectivity index (χ3n) is 5.23. The fourth-order valence-electron chi connectivity index (χ4n) is 3.66. The first-order chi connectivity index (χ1) is 14.2. The molecule has 1 saturated heterocycles. The van der Waals surface area contributed by atoms with Gasteiger partial charge in [-0.1, -0.05) is 6.08 Å². The number of carbonyl (C=O) groups is 2. The second-order valence-electron chi connectivity index (χ2n) is 7.25. The molecule has 0 aliphatic carbocycles. The first-order valence-electron chi connectivity index (χ1n) is 9.42. The van der Waals surface area contributed by atoms with Crippen LogP contribution in [0.1, 0.15) is 13.3 Å². The van der Waals surface area contributed by atoms with Gasteiger partial charge < -0.3 is 15.5 Å². The number of fused-ring (bicyclic) bond motifs is 3. The molecule has 0 spiro atoms. The zero-order chi connectivity index (χ0) is 21.5. The van der Waals surface area contributed by atoms with Crippen LogP contribution in [0.2, 0.25) is 0 Å². The number of allylic oxidation sites excluding steroid dienone is 1. The summed E-state index contributed by atoms with van der Waals surface area (Å²) in [6, 6.07) is -2.05. The van der Waals surface area contributed by atoms with E-state index in [1.165, 1.54) is 23.4 Å². The Hall–Kier alpha value is -3.31. The molecule has 30 heavy (non-hydrogen) atoms. The number of hydrogen-bond acceptors (Lipinski definition) is 6. The average Bonchev–Trinajstić information content (AvgIpc) is 3.12. The molecule has 0 aromatic carbocycles. The summed E-state index contributed by atoms with van der Waals surface area (Å²) in [4.78, 5) is 36.9. The third-order valence-corrected chi connectivity index (χ3v) is 5.23. The maximum atomic E-state index is 13.0. The summed E-state index contributed by atoms with van der Waals surface area (Å²) in [6.45, 7) is 2.22. The van der Waals surface area contributed by atoms with Crippen LogP contribution in [0.15, 0.2) is 42.1 Å². The summed E-state index contributed by atoms with van der Waals surface area (Å²) in [5.74, 6) is -0.327. The monoisotopic (exact) mass is 423 g/mol. The van der Waals surface area contributed by atoms with Crippen LogP contribution >= 0.6 is 0 Å². The Morgan fingerprint density at radius 1 is 1.30 bits per heavy atom. The predicted octanol–water partition coefficient (Wildman–Crippen LogP) is 1.16. The average molecular weight is 423 g/mol.